The Hall–Kier alpha value is -0.800. The Morgan fingerprint density at radius 1 is 1.50 bits per heavy atom. The Morgan fingerprint density at radius 3 is 2.43 bits per heavy atom. The summed E-state index contributed by atoms with van der Waals surface area (Å²) in [6.45, 7) is 1.63. The first-order chi connectivity index (χ1) is 6.49. The minimum atomic E-state index is -0.839. The van der Waals surface area contributed by atoms with E-state index in [-0.39, 0.29) is 10.3 Å². The molecule has 0 bridgehead atoms. The van der Waals surface area contributed by atoms with Crippen molar-refractivity contribution in [1.29, 1.82) is 0 Å². The molecule has 0 spiro atoms. The minimum Gasteiger partial charge on any atom is -0.481 e. The van der Waals surface area contributed by atoms with Gasteiger partial charge in [0.15, 0.2) is 0 Å². The SMILES string of the molecule is CC(Cc1cc(Cl)nc(Cl)c1)C(=O)O. The van der Waals surface area contributed by atoms with E-state index in [9.17, 15) is 4.79 Å². The van der Waals surface area contributed by atoms with E-state index in [2.05, 4.69) is 4.98 Å². The van der Waals surface area contributed by atoms with E-state index < -0.39 is 11.9 Å². The maximum absolute atomic E-state index is 10.6. The molecule has 0 aromatic carbocycles. The topological polar surface area (TPSA) is 50.2 Å². The lowest BCUT2D eigenvalue weighted by Gasteiger charge is -2.06. The van der Waals surface area contributed by atoms with E-state index in [4.69, 9.17) is 28.3 Å². The van der Waals surface area contributed by atoms with E-state index >= 15 is 0 Å². The summed E-state index contributed by atoms with van der Waals surface area (Å²) in [5.41, 5.74) is 0.782. The third-order valence-electron chi connectivity index (χ3n) is 1.79. The molecule has 1 N–H and O–H groups in total. The maximum Gasteiger partial charge on any atom is 0.306 e. The molecule has 1 aromatic heterocycles. The van der Waals surface area contributed by atoms with E-state index in [0.717, 1.165) is 5.56 Å². The van der Waals surface area contributed by atoms with Gasteiger partial charge in [0, 0.05) is 0 Å². The van der Waals surface area contributed by atoms with Crippen molar-refractivity contribution in [2.75, 3.05) is 0 Å². The van der Waals surface area contributed by atoms with Gasteiger partial charge in [-0.3, -0.25) is 4.79 Å². The lowest BCUT2D eigenvalue weighted by molar-refractivity contribution is -0.141. The van der Waals surface area contributed by atoms with Crippen LogP contribution in [-0.2, 0) is 11.2 Å². The highest BCUT2D eigenvalue weighted by Crippen LogP contribution is 2.17. The number of hydrogen-bond donors (Lipinski definition) is 1. The van der Waals surface area contributed by atoms with Gasteiger partial charge in [-0.1, -0.05) is 30.1 Å². The van der Waals surface area contributed by atoms with Crippen LogP contribution in [0.2, 0.25) is 10.3 Å². The van der Waals surface area contributed by atoms with E-state index in [1.165, 1.54) is 0 Å². The first-order valence-electron chi connectivity index (χ1n) is 4.04. The second kappa shape index (κ2) is 4.62. The van der Waals surface area contributed by atoms with E-state index in [1.807, 2.05) is 0 Å². The minimum absolute atomic E-state index is 0.282. The van der Waals surface area contributed by atoms with Crippen LogP contribution in [0.4, 0.5) is 0 Å². The molecule has 1 unspecified atom stereocenters. The zero-order valence-electron chi connectivity index (χ0n) is 7.50. The molecule has 0 radical (unpaired) electrons. The van der Waals surface area contributed by atoms with Crippen molar-refractivity contribution in [3.8, 4) is 0 Å². The van der Waals surface area contributed by atoms with Gasteiger partial charge in [-0.2, -0.15) is 0 Å². The highest BCUT2D eigenvalue weighted by molar-refractivity contribution is 6.32. The monoisotopic (exact) mass is 233 g/mol. The molecule has 0 amide bonds. The third-order valence-corrected chi connectivity index (χ3v) is 2.17. The quantitative estimate of drug-likeness (QED) is 0.818. The van der Waals surface area contributed by atoms with Crippen LogP contribution in [0.15, 0.2) is 12.1 Å². The summed E-state index contributed by atoms with van der Waals surface area (Å²) in [5.74, 6) is -1.29. The van der Waals surface area contributed by atoms with Gasteiger partial charge < -0.3 is 5.11 Å². The maximum atomic E-state index is 10.6. The first-order valence-corrected chi connectivity index (χ1v) is 4.79. The van der Waals surface area contributed by atoms with Gasteiger partial charge in [-0.15, -0.1) is 0 Å². The van der Waals surface area contributed by atoms with Crippen molar-refractivity contribution in [2.45, 2.75) is 13.3 Å². The van der Waals surface area contributed by atoms with E-state index in [1.54, 1.807) is 19.1 Å². The first kappa shape index (κ1) is 11.3. The van der Waals surface area contributed by atoms with Crippen LogP contribution in [0.25, 0.3) is 0 Å². The number of carboxylic acids is 1. The summed E-state index contributed by atoms with van der Waals surface area (Å²) < 4.78 is 0. The summed E-state index contributed by atoms with van der Waals surface area (Å²) in [5, 5.41) is 9.27. The smallest absolute Gasteiger partial charge is 0.306 e. The highest BCUT2D eigenvalue weighted by atomic mass is 35.5. The van der Waals surface area contributed by atoms with E-state index in [0.29, 0.717) is 6.42 Å². The molecule has 1 aromatic rings. The molecular formula is C9H9Cl2NO2. The normalized spacial score (nSPS) is 12.5. The predicted molar refractivity (Wildman–Crippen MR) is 54.8 cm³/mol. The van der Waals surface area contributed by atoms with Crippen LogP contribution >= 0.6 is 23.2 Å². The van der Waals surface area contributed by atoms with Crippen LogP contribution in [0, 0.1) is 5.92 Å². The number of pyridine rings is 1. The molecule has 0 aliphatic carbocycles. The molecule has 0 aliphatic heterocycles. The van der Waals surface area contributed by atoms with Crippen molar-refractivity contribution in [3.63, 3.8) is 0 Å². The molecule has 0 aliphatic rings. The molecule has 1 rings (SSSR count). The van der Waals surface area contributed by atoms with Gasteiger partial charge in [0.25, 0.3) is 0 Å². The van der Waals surface area contributed by atoms with Crippen LogP contribution < -0.4 is 0 Å². The number of carboxylic acid groups (broad SMARTS) is 1. The number of carbonyl (C=O) groups is 1. The zero-order valence-corrected chi connectivity index (χ0v) is 9.01. The van der Waals surface area contributed by atoms with Crippen LogP contribution in [0.1, 0.15) is 12.5 Å². The second-order valence-corrected chi connectivity index (χ2v) is 3.84. The molecule has 76 valence electrons. The standard InChI is InChI=1S/C9H9Cl2NO2/c1-5(9(13)14)2-6-3-7(10)12-8(11)4-6/h3-5H,2H2,1H3,(H,13,14). The van der Waals surface area contributed by atoms with Crippen LogP contribution in [0.5, 0.6) is 0 Å². The van der Waals surface area contributed by atoms with Gasteiger partial charge >= 0.3 is 5.97 Å². The van der Waals surface area contributed by atoms with Gasteiger partial charge in [0.2, 0.25) is 0 Å². The molecular weight excluding hydrogens is 225 g/mol. The zero-order chi connectivity index (χ0) is 10.7. The molecule has 5 heteroatoms. The predicted octanol–water partition coefficient (Wildman–Crippen LogP) is 2.65. The van der Waals surface area contributed by atoms with Crippen molar-refractivity contribution in [2.24, 2.45) is 5.92 Å². The Morgan fingerprint density at radius 2 is 2.00 bits per heavy atom. The van der Waals surface area contributed by atoms with Crippen molar-refractivity contribution >= 4 is 29.2 Å². The summed E-state index contributed by atoms with van der Waals surface area (Å²) in [6.07, 6.45) is 0.400. The number of nitrogens with zero attached hydrogens (tertiary/aromatic N) is 1. The molecule has 1 atom stereocenters. The summed E-state index contributed by atoms with van der Waals surface area (Å²) >= 11 is 11.3. The fourth-order valence-electron chi connectivity index (χ4n) is 1.07. The molecule has 0 fully saturated rings. The Kier molecular flexibility index (Phi) is 3.72. The number of halogens is 2. The number of hydrogen-bond acceptors (Lipinski definition) is 2. The lowest BCUT2D eigenvalue weighted by atomic mass is 10.0. The van der Waals surface area contributed by atoms with Crippen LogP contribution in [-0.4, -0.2) is 16.1 Å². The van der Waals surface area contributed by atoms with Gasteiger partial charge in [0.05, 0.1) is 5.92 Å². The van der Waals surface area contributed by atoms with Gasteiger partial charge in [-0.05, 0) is 24.1 Å². The molecule has 14 heavy (non-hydrogen) atoms. The number of aliphatic carboxylic acids is 1. The Bertz CT molecular complexity index is 334. The van der Waals surface area contributed by atoms with Gasteiger partial charge in [0.1, 0.15) is 10.3 Å². The van der Waals surface area contributed by atoms with Crippen molar-refractivity contribution in [1.82, 2.24) is 4.98 Å². The van der Waals surface area contributed by atoms with Gasteiger partial charge in [-0.25, -0.2) is 4.98 Å². The lowest BCUT2D eigenvalue weighted by Crippen LogP contribution is -2.12. The summed E-state index contributed by atoms with van der Waals surface area (Å²) in [6, 6.07) is 3.24. The molecule has 0 saturated carbocycles. The average Bonchev–Trinajstić information content (AvgIpc) is 2.01. The summed E-state index contributed by atoms with van der Waals surface area (Å²) in [4.78, 5) is 14.4. The Labute approximate surface area is 91.7 Å². The van der Waals surface area contributed by atoms with Crippen molar-refractivity contribution in [3.05, 3.63) is 28.0 Å². The number of rotatable bonds is 3. The molecule has 0 saturated heterocycles. The number of aromatic nitrogens is 1. The molecule has 1 heterocycles. The fraction of sp³-hybridized carbons (Fsp3) is 0.333. The largest absolute Gasteiger partial charge is 0.481 e. The summed E-state index contributed by atoms with van der Waals surface area (Å²) in [7, 11) is 0. The fourth-order valence-corrected chi connectivity index (χ4v) is 1.58. The van der Waals surface area contributed by atoms with Crippen LogP contribution in [0.3, 0.4) is 0 Å². The highest BCUT2D eigenvalue weighted by Gasteiger charge is 2.12. The second-order valence-electron chi connectivity index (χ2n) is 3.06. The molecule has 3 nitrogen and oxygen atoms in total. The third kappa shape index (κ3) is 3.16. The Balaban J connectivity index is 2.81. The average molecular weight is 234 g/mol. The van der Waals surface area contributed by atoms with Crippen molar-refractivity contribution < 1.29 is 9.90 Å².